The van der Waals surface area contributed by atoms with Crippen LogP contribution in [0.3, 0.4) is 0 Å². The van der Waals surface area contributed by atoms with E-state index in [1.807, 2.05) is 13.0 Å². The highest BCUT2D eigenvalue weighted by Crippen LogP contribution is 2.40. The first-order valence-electron chi connectivity index (χ1n) is 8.61. The summed E-state index contributed by atoms with van der Waals surface area (Å²) >= 11 is 8.40. The van der Waals surface area contributed by atoms with Crippen LogP contribution in [0.25, 0.3) is 6.08 Å². The normalized spacial score (nSPS) is 15.8. The van der Waals surface area contributed by atoms with E-state index < -0.39 is 17.6 Å². The molecule has 10 heteroatoms. The molecule has 2 aromatic carbocycles. The number of rotatable bonds is 5. The Morgan fingerprint density at radius 1 is 1.27 bits per heavy atom. The number of hydrogen-bond donors (Lipinski definition) is 0. The first-order valence-corrected chi connectivity index (χ1v) is 10.9. The van der Waals surface area contributed by atoms with Crippen LogP contribution in [0.15, 0.2) is 41.3 Å². The number of methoxy groups -OCH3 is 1. The lowest BCUT2D eigenvalue weighted by atomic mass is 10.1. The summed E-state index contributed by atoms with van der Waals surface area (Å²) in [5.41, 5.74) is -0.0765. The summed E-state index contributed by atoms with van der Waals surface area (Å²) in [7, 11) is 1.54. The molecule has 0 aliphatic carbocycles. The van der Waals surface area contributed by atoms with Crippen LogP contribution in [0.2, 0.25) is 0 Å². The maximum absolute atomic E-state index is 13.0. The molecular formula is C20H15F3INO3S2. The van der Waals surface area contributed by atoms with E-state index in [1.165, 1.54) is 12.1 Å². The number of anilines is 1. The quantitative estimate of drug-likeness (QED) is 0.248. The van der Waals surface area contributed by atoms with Gasteiger partial charge in [-0.25, -0.2) is 0 Å². The van der Waals surface area contributed by atoms with Crippen LogP contribution in [-0.4, -0.2) is 23.9 Å². The van der Waals surface area contributed by atoms with Crippen molar-refractivity contribution in [2.45, 2.75) is 13.1 Å². The second-order valence-electron chi connectivity index (χ2n) is 6.03. The second kappa shape index (κ2) is 9.15. The first-order chi connectivity index (χ1) is 14.2. The minimum absolute atomic E-state index is 0.0787. The Hall–Kier alpha value is -1.79. The monoisotopic (exact) mass is 565 g/mol. The molecule has 30 heavy (non-hydrogen) atoms. The molecule has 1 heterocycles. The van der Waals surface area contributed by atoms with Crippen LogP contribution < -0.4 is 14.4 Å². The molecule has 3 rings (SSSR count). The van der Waals surface area contributed by atoms with Crippen LogP contribution in [-0.2, 0) is 11.0 Å². The lowest BCUT2D eigenvalue weighted by Gasteiger charge is -2.16. The standard InChI is InChI=1S/C20H15F3INO3S2/c1-3-28-15-8-11(7-14(24)17(15)27-2)9-16-18(26)25(19(29)30-16)13-6-4-5-12(10-13)20(21,22)23/h4-10H,3H2,1-2H3/b16-9-. The van der Waals surface area contributed by atoms with Gasteiger partial charge in [-0.15, -0.1) is 0 Å². The zero-order chi connectivity index (χ0) is 22.1. The van der Waals surface area contributed by atoms with Gasteiger partial charge in [0, 0.05) is 0 Å². The van der Waals surface area contributed by atoms with Crippen LogP contribution >= 0.6 is 46.6 Å². The highest BCUT2D eigenvalue weighted by Gasteiger charge is 2.36. The van der Waals surface area contributed by atoms with Gasteiger partial charge in [-0.1, -0.05) is 30.0 Å². The number of amides is 1. The number of carbonyl (C=O) groups excluding carboxylic acids is 1. The van der Waals surface area contributed by atoms with Gasteiger partial charge in [-0.3, -0.25) is 9.69 Å². The molecule has 158 valence electrons. The number of thiocarbonyl (C=S) groups is 1. The topological polar surface area (TPSA) is 38.8 Å². The number of halogens is 4. The van der Waals surface area contributed by atoms with Crippen LogP contribution in [0.4, 0.5) is 18.9 Å². The SMILES string of the molecule is CCOc1cc(/C=C2\SC(=S)N(c3cccc(C(F)(F)F)c3)C2=O)cc(I)c1OC. The summed E-state index contributed by atoms with van der Waals surface area (Å²) in [5, 5.41) is 0. The minimum Gasteiger partial charge on any atom is -0.492 e. The average Bonchev–Trinajstić information content (AvgIpc) is 2.94. The van der Waals surface area contributed by atoms with Crippen molar-refractivity contribution in [1.82, 2.24) is 0 Å². The molecule has 1 fully saturated rings. The van der Waals surface area contributed by atoms with Crippen molar-refractivity contribution in [1.29, 1.82) is 0 Å². The molecule has 2 aromatic rings. The molecule has 1 amide bonds. The van der Waals surface area contributed by atoms with Crippen molar-refractivity contribution in [3.8, 4) is 11.5 Å². The second-order valence-corrected chi connectivity index (χ2v) is 8.87. The number of thioether (sulfide) groups is 1. The van der Waals surface area contributed by atoms with Crippen molar-refractivity contribution in [2.75, 3.05) is 18.6 Å². The molecule has 1 saturated heterocycles. The molecule has 4 nitrogen and oxygen atoms in total. The van der Waals surface area contributed by atoms with Gasteiger partial charge in [0.2, 0.25) is 0 Å². The highest BCUT2D eigenvalue weighted by atomic mass is 127. The Labute approximate surface area is 194 Å². The zero-order valence-electron chi connectivity index (χ0n) is 15.7. The van der Waals surface area contributed by atoms with Gasteiger partial charge in [-0.05, 0) is 71.5 Å². The Morgan fingerprint density at radius 3 is 2.63 bits per heavy atom. The number of benzene rings is 2. The van der Waals surface area contributed by atoms with Gasteiger partial charge in [-0.2, -0.15) is 13.2 Å². The third-order valence-corrected chi connectivity index (χ3v) is 6.16. The summed E-state index contributed by atoms with van der Waals surface area (Å²) in [4.78, 5) is 14.3. The fourth-order valence-electron chi connectivity index (χ4n) is 2.80. The van der Waals surface area contributed by atoms with Crippen molar-refractivity contribution >= 4 is 68.6 Å². The number of ether oxygens (including phenoxy) is 2. The summed E-state index contributed by atoms with van der Waals surface area (Å²) in [6.45, 7) is 2.28. The molecule has 0 spiro atoms. The largest absolute Gasteiger partial charge is 0.492 e. The van der Waals surface area contributed by atoms with E-state index in [1.54, 1.807) is 19.3 Å². The van der Waals surface area contributed by atoms with E-state index in [2.05, 4.69) is 22.6 Å². The van der Waals surface area contributed by atoms with Crippen LogP contribution in [0.5, 0.6) is 11.5 Å². The van der Waals surface area contributed by atoms with E-state index in [4.69, 9.17) is 21.7 Å². The fourth-order valence-corrected chi connectivity index (χ4v) is 4.94. The van der Waals surface area contributed by atoms with Gasteiger partial charge in [0.25, 0.3) is 5.91 Å². The van der Waals surface area contributed by atoms with Gasteiger partial charge in [0.15, 0.2) is 15.8 Å². The van der Waals surface area contributed by atoms with E-state index in [-0.39, 0.29) is 10.0 Å². The first kappa shape index (κ1) is 22.9. The van der Waals surface area contributed by atoms with Crippen molar-refractivity contribution in [3.05, 3.63) is 56.0 Å². The number of alkyl halides is 3. The maximum atomic E-state index is 13.0. The van der Waals surface area contributed by atoms with E-state index in [9.17, 15) is 18.0 Å². The molecule has 0 aromatic heterocycles. The fraction of sp³-hybridized carbons (Fsp3) is 0.200. The maximum Gasteiger partial charge on any atom is 0.416 e. The predicted molar refractivity (Wildman–Crippen MR) is 124 cm³/mol. The molecular weight excluding hydrogens is 550 g/mol. The molecule has 0 N–H and O–H groups in total. The lowest BCUT2D eigenvalue weighted by Crippen LogP contribution is -2.27. The molecule has 0 bridgehead atoms. The lowest BCUT2D eigenvalue weighted by molar-refractivity contribution is -0.137. The molecule has 0 saturated carbocycles. The smallest absolute Gasteiger partial charge is 0.416 e. The van der Waals surface area contributed by atoms with Crippen molar-refractivity contribution in [2.24, 2.45) is 0 Å². The van der Waals surface area contributed by atoms with E-state index in [0.717, 1.165) is 32.4 Å². The Kier molecular flexibility index (Phi) is 6.98. The van der Waals surface area contributed by atoms with Crippen LogP contribution in [0.1, 0.15) is 18.1 Å². The van der Waals surface area contributed by atoms with Gasteiger partial charge in [0.1, 0.15) is 0 Å². The molecule has 1 aliphatic rings. The minimum atomic E-state index is -4.51. The zero-order valence-corrected chi connectivity index (χ0v) is 19.5. The molecule has 0 unspecified atom stereocenters. The van der Waals surface area contributed by atoms with Crippen molar-refractivity contribution in [3.63, 3.8) is 0 Å². The van der Waals surface area contributed by atoms with Crippen molar-refractivity contribution < 1.29 is 27.4 Å². The predicted octanol–water partition coefficient (Wildman–Crippen LogP) is 6.12. The Morgan fingerprint density at radius 2 is 2.00 bits per heavy atom. The molecule has 0 atom stereocenters. The number of hydrogen-bond acceptors (Lipinski definition) is 5. The summed E-state index contributed by atoms with van der Waals surface area (Å²) in [6.07, 6.45) is -2.88. The Balaban J connectivity index is 1.96. The van der Waals surface area contributed by atoms with Crippen LogP contribution in [0, 0.1) is 3.57 Å². The van der Waals surface area contributed by atoms with Gasteiger partial charge in [0.05, 0.1) is 33.4 Å². The number of carbonyl (C=O) groups is 1. The van der Waals surface area contributed by atoms with Gasteiger partial charge < -0.3 is 9.47 Å². The third kappa shape index (κ3) is 4.75. The molecule has 1 aliphatic heterocycles. The molecule has 0 radical (unpaired) electrons. The number of nitrogens with zero attached hydrogens (tertiary/aromatic N) is 1. The third-order valence-electron chi connectivity index (χ3n) is 4.06. The highest BCUT2D eigenvalue weighted by molar-refractivity contribution is 14.1. The average molecular weight is 565 g/mol. The Bertz CT molecular complexity index is 1040. The summed E-state index contributed by atoms with van der Waals surface area (Å²) in [5.74, 6) is 0.644. The summed E-state index contributed by atoms with van der Waals surface area (Å²) in [6, 6.07) is 8.09. The van der Waals surface area contributed by atoms with E-state index in [0.29, 0.717) is 28.6 Å². The van der Waals surface area contributed by atoms with E-state index >= 15 is 0 Å². The van der Waals surface area contributed by atoms with Gasteiger partial charge >= 0.3 is 6.18 Å². The summed E-state index contributed by atoms with van der Waals surface area (Å²) < 4.78 is 51.0.